The Hall–Kier alpha value is -1.75. The molecule has 2 heterocycles. The molecule has 0 radical (unpaired) electrons. The molecule has 0 amide bonds. The molecule has 2 aromatic rings. The minimum absolute atomic E-state index is 0.102. The van der Waals surface area contributed by atoms with Crippen molar-refractivity contribution in [3.05, 3.63) is 59.1 Å². The van der Waals surface area contributed by atoms with Crippen LogP contribution in [0, 0.1) is 0 Å². The number of hydrogen-bond donors (Lipinski definition) is 0. The molecule has 0 saturated carbocycles. The predicted molar refractivity (Wildman–Crippen MR) is 99.5 cm³/mol. The average molecular weight is 359 g/mol. The number of rotatable bonds is 4. The maximum Gasteiger partial charge on any atom is 0.161 e. The maximum absolute atomic E-state index is 6.27. The fourth-order valence-corrected chi connectivity index (χ4v) is 3.63. The maximum atomic E-state index is 6.27. The summed E-state index contributed by atoms with van der Waals surface area (Å²) in [5, 5.41) is 0.858. The lowest BCUT2D eigenvalue weighted by molar-refractivity contribution is 0.0391. The van der Waals surface area contributed by atoms with Gasteiger partial charge in [-0.2, -0.15) is 0 Å². The fraction of sp³-hybridized carbons (Fsp3) is 0.400. The van der Waals surface area contributed by atoms with Crippen LogP contribution in [-0.2, 0) is 6.54 Å². The zero-order valence-corrected chi connectivity index (χ0v) is 15.0. The highest BCUT2D eigenvalue weighted by Crippen LogP contribution is 2.31. The predicted octanol–water partition coefficient (Wildman–Crippen LogP) is 3.30. The number of piperazine rings is 1. The molecule has 1 unspecified atom stereocenters. The van der Waals surface area contributed by atoms with Crippen molar-refractivity contribution in [2.75, 3.05) is 39.3 Å². The van der Waals surface area contributed by atoms with Crippen molar-refractivity contribution < 1.29 is 9.47 Å². The Morgan fingerprint density at radius 1 is 0.880 bits per heavy atom. The molecule has 4 nitrogen and oxygen atoms in total. The van der Waals surface area contributed by atoms with Crippen molar-refractivity contribution >= 4 is 11.6 Å². The number of ether oxygens (including phenoxy) is 2. The second kappa shape index (κ2) is 7.65. The SMILES string of the molecule is Clc1ccccc1CN1CCN(CC2COc3ccccc3O2)CC1. The molecule has 0 spiro atoms. The van der Waals surface area contributed by atoms with Crippen LogP contribution in [0.4, 0.5) is 0 Å². The number of halogens is 1. The quantitative estimate of drug-likeness (QED) is 0.837. The van der Waals surface area contributed by atoms with Crippen molar-refractivity contribution in [1.29, 1.82) is 0 Å². The van der Waals surface area contributed by atoms with Gasteiger partial charge < -0.3 is 9.47 Å². The van der Waals surface area contributed by atoms with Crippen molar-refractivity contribution in [2.24, 2.45) is 0 Å². The molecule has 0 bridgehead atoms. The first-order chi connectivity index (χ1) is 12.3. The van der Waals surface area contributed by atoms with E-state index in [1.165, 1.54) is 5.56 Å². The van der Waals surface area contributed by atoms with Crippen molar-refractivity contribution in [3.8, 4) is 11.5 Å². The summed E-state index contributed by atoms with van der Waals surface area (Å²) in [6.07, 6.45) is 0.102. The van der Waals surface area contributed by atoms with E-state index in [1.807, 2.05) is 36.4 Å². The highest BCUT2D eigenvalue weighted by molar-refractivity contribution is 6.31. The molecule has 2 aliphatic heterocycles. The highest BCUT2D eigenvalue weighted by Gasteiger charge is 2.25. The van der Waals surface area contributed by atoms with Crippen LogP contribution in [0.2, 0.25) is 5.02 Å². The molecule has 1 fully saturated rings. The molecule has 2 aromatic carbocycles. The second-order valence-corrected chi connectivity index (χ2v) is 7.07. The first-order valence-electron chi connectivity index (χ1n) is 8.84. The van der Waals surface area contributed by atoms with Gasteiger partial charge in [0.25, 0.3) is 0 Å². The van der Waals surface area contributed by atoms with Gasteiger partial charge in [-0.1, -0.05) is 41.9 Å². The molecule has 0 aromatic heterocycles. The lowest BCUT2D eigenvalue weighted by Gasteiger charge is -2.37. The van der Waals surface area contributed by atoms with Crippen LogP contribution < -0.4 is 9.47 Å². The van der Waals surface area contributed by atoms with Gasteiger partial charge >= 0.3 is 0 Å². The van der Waals surface area contributed by atoms with Crippen molar-refractivity contribution in [3.63, 3.8) is 0 Å². The van der Waals surface area contributed by atoms with E-state index >= 15 is 0 Å². The van der Waals surface area contributed by atoms with Crippen molar-refractivity contribution in [2.45, 2.75) is 12.6 Å². The number of para-hydroxylation sites is 2. The number of benzene rings is 2. The number of hydrogen-bond acceptors (Lipinski definition) is 4. The zero-order chi connectivity index (χ0) is 17.1. The number of nitrogens with zero attached hydrogens (tertiary/aromatic N) is 2. The van der Waals surface area contributed by atoms with E-state index in [2.05, 4.69) is 21.9 Å². The summed E-state index contributed by atoms with van der Waals surface area (Å²) < 4.78 is 11.9. The molecular formula is C20H23ClN2O2. The van der Waals surface area contributed by atoms with E-state index in [4.69, 9.17) is 21.1 Å². The van der Waals surface area contributed by atoms with E-state index in [1.54, 1.807) is 0 Å². The van der Waals surface area contributed by atoms with Gasteiger partial charge in [0, 0.05) is 44.3 Å². The molecule has 4 rings (SSSR count). The van der Waals surface area contributed by atoms with Gasteiger partial charge in [-0.3, -0.25) is 9.80 Å². The topological polar surface area (TPSA) is 24.9 Å². The van der Waals surface area contributed by atoms with Crippen LogP contribution in [-0.4, -0.2) is 55.2 Å². The van der Waals surface area contributed by atoms with E-state index in [9.17, 15) is 0 Å². The van der Waals surface area contributed by atoms with E-state index in [0.29, 0.717) is 6.61 Å². The summed E-state index contributed by atoms with van der Waals surface area (Å²) in [4.78, 5) is 4.93. The zero-order valence-electron chi connectivity index (χ0n) is 14.2. The smallest absolute Gasteiger partial charge is 0.161 e. The number of fused-ring (bicyclic) bond motifs is 1. The van der Waals surface area contributed by atoms with Crippen LogP contribution in [0.15, 0.2) is 48.5 Å². The summed E-state index contributed by atoms with van der Waals surface area (Å²) in [5.41, 5.74) is 1.21. The second-order valence-electron chi connectivity index (χ2n) is 6.67. The van der Waals surface area contributed by atoms with Gasteiger partial charge in [-0.15, -0.1) is 0 Å². The minimum atomic E-state index is 0.102. The van der Waals surface area contributed by atoms with Crippen LogP contribution in [0.5, 0.6) is 11.5 Å². The van der Waals surface area contributed by atoms with Crippen LogP contribution in [0.25, 0.3) is 0 Å². The third-order valence-electron chi connectivity index (χ3n) is 4.85. The molecule has 25 heavy (non-hydrogen) atoms. The molecule has 1 saturated heterocycles. The summed E-state index contributed by atoms with van der Waals surface area (Å²) in [6, 6.07) is 16.0. The Morgan fingerprint density at radius 2 is 1.56 bits per heavy atom. The summed E-state index contributed by atoms with van der Waals surface area (Å²) in [7, 11) is 0. The third kappa shape index (κ3) is 4.09. The lowest BCUT2D eigenvalue weighted by Crippen LogP contribution is -2.50. The van der Waals surface area contributed by atoms with Gasteiger partial charge in [0.2, 0.25) is 0 Å². The lowest BCUT2D eigenvalue weighted by atomic mass is 10.2. The first-order valence-corrected chi connectivity index (χ1v) is 9.22. The van der Waals surface area contributed by atoms with Gasteiger partial charge in [0.1, 0.15) is 12.7 Å². The van der Waals surface area contributed by atoms with E-state index in [-0.39, 0.29) is 6.10 Å². The molecule has 132 valence electrons. The first kappa shape index (κ1) is 16.7. The van der Waals surface area contributed by atoms with Gasteiger partial charge in [-0.25, -0.2) is 0 Å². The van der Waals surface area contributed by atoms with Crippen LogP contribution in [0.3, 0.4) is 0 Å². The van der Waals surface area contributed by atoms with Gasteiger partial charge in [0.05, 0.1) is 0 Å². The van der Waals surface area contributed by atoms with E-state index < -0.39 is 0 Å². The largest absolute Gasteiger partial charge is 0.486 e. The Bertz CT molecular complexity index is 716. The van der Waals surface area contributed by atoms with Crippen LogP contribution in [0.1, 0.15) is 5.56 Å². The average Bonchev–Trinajstić information content (AvgIpc) is 2.65. The Kier molecular flexibility index (Phi) is 5.11. The summed E-state index contributed by atoms with van der Waals surface area (Å²) in [5.74, 6) is 1.71. The molecular weight excluding hydrogens is 336 g/mol. The minimum Gasteiger partial charge on any atom is -0.486 e. The normalized spacial score (nSPS) is 21.2. The Morgan fingerprint density at radius 3 is 2.36 bits per heavy atom. The fourth-order valence-electron chi connectivity index (χ4n) is 3.44. The highest BCUT2D eigenvalue weighted by atomic mass is 35.5. The van der Waals surface area contributed by atoms with Crippen LogP contribution >= 0.6 is 11.6 Å². The monoisotopic (exact) mass is 358 g/mol. The Balaban J connectivity index is 1.26. The summed E-state index contributed by atoms with van der Waals surface area (Å²) >= 11 is 6.27. The summed E-state index contributed by atoms with van der Waals surface area (Å²) in [6.45, 7) is 6.65. The third-order valence-corrected chi connectivity index (χ3v) is 5.21. The molecule has 0 aliphatic carbocycles. The molecule has 2 aliphatic rings. The molecule has 5 heteroatoms. The molecule has 0 N–H and O–H groups in total. The standard InChI is InChI=1S/C20H23ClN2O2/c21-18-6-2-1-5-16(18)13-22-9-11-23(12-10-22)14-17-15-24-19-7-3-4-8-20(19)25-17/h1-8,17H,9-15H2. The van der Waals surface area contributed by atoms with E-state index in [0.717, 1.165) is 55.8 Å². The van der Waals surface area contributed by atoms with Gasteiger partial charge in [-0.05, 0) is 23.8 Å². The van der Waals surface area contributed by atoms with Gasteiger partial charge in [0.15, 0.2) is 11.5 Å². The van der Waals surface area contributed by atoms with Crippen molar-refractivity contribution in [1.82, 2.24) is 9.80 Å². The Labute approximate surface area is 153 Å². The molecule has 1 atom stereocenters.